The first-order chi connectivity index (χ1) is 11.1. The van der Waals surface area contributed by atoms with Crippen LogP contribution in [0.1, 0.15) is 67.2 Å². The van der Waals surface area contributed by atoms with Crippen LogP contribution in [-0.2, 0) is 13.3 Å². The standard InChI is InChI=1S/C18H42NO3Si.BrH/c1-7-15-20-23(21-16-8-2,22-17-9-3)18-13-14-19(10-4,11-5)12-6;/h7-18H2,1-6H3;1H/q+1;/p-1. The Balaban J connectivity index is 0. The van der Waals surface area contributed by atoms with Crippen LogP contribution in [0.3, 0.4) is 0 Å². The minimum Gasteiger partial charge on any atom is -1.00 e. The van der Waals surface area contributed by atoms with Gasteiger partial charge in [-0.1, -0.05) is 20.8 Å². The average molecular weight is 429 g/mol. The van der Waals surface area contributed by atoms with Crippen molar-refractivity contribution in [2.75, 3.05) is 46.0 Å². The molecule has 0 unspecified atom stereocenters. The summed E-state index contributed by atoms with van der Waals surface area (Å²) in [7, 11) is -2.51. The van der Waals surface area contributed by atoms with E-state index in [0.29, 0.717) is 0 Å². The Labute approximate surface area is 163 Å². The number of quaternary nitrogens is 1. The van der Waals surface area contributed by atoms with E-state index < -0.39 is 8.80 Å². The Kier molecular flexibility index (Phi) is 17.6. The zero-order valence-electron chi connectivity index (χ0n) is 17.0. The highest BCUT2D eigenvalue weighted by atomic mass is 79.9. The van der Waals surface area contributed by atoms with Crippen molar-refractivity contribution in [1.29, 1.82) is 0 Å². The van der Waals surface area contributed by atoms with Gasteiger partial charge in [-0.05, 0) is 40.0 Å². The zero-order valence-corrected chi connectivity index (χ0v) is 19.6. The third kappa shape index (κ3) is 9.87. The van der Waals surface area contributed by atoms with Crippen LogP contribution in [0, 0.1) is 0 Å². The molecule has 4 nitrogen and oxygen atoms in total. The summed E-state index contributed by atoms with van der Waals surface area (Å²) < 4.78 is 19.7. The topological polar surface area (TPSA) is 27.7 Å². The van der Waals surface area contributed by atoms with Crippen molar-refractivity contribution >= 4 is 8.80 Å². The van der Waals surface area contributed by atoms with Crippen LogP contribution in [0.2, 0.25) is 6.04 Å². The lowest BCUT2D eigenvalue weighted by atomic mass is 10.3. The molecular weight excluding hydrogens is 386 g/mol. The molecular formula is C18H42BrNO3Si. The summed E-state index contributed by atoms with van der Waals surface area (Å²) in [6, 6.07) is 0.951. The zero-order chi connectivity index (χ0) is 17.6. The first-order valence-corrected chi connectivity index (χ1v) is 11.8. The second-order valence-electron chi connectivity index (χ2n) is 6.35. The van der Waals surface area contributed by atoms with E-state index in [1.165, 1.54) is 30.7 Å². The molecule has 0 aliphatic heterocycles. The van der Waals surface area contributed by atoms with Gasteiger partial charge in [0.25, 0.3) is 0 Å². The number of hydrogen-bond donors (Lipinski definition) is 0. The number of nitrogens with zero attached hydrogens (tertiary/aromatic N) is 1. The normalized spacial score (nSPS) is 12.2. The predicted octanol–water partition coefficient (Wildman–Crippen LogP) is 1.48. The molecule has 0 amide bonds. The fourth-order valence-electron chi connectivity index (χ4n) is 2.89. The molecule has 0 radical (unpaired) electrons. The van der Waals surface area contributed by atoms with Gasteiger partial charge in [0.2, 0.25) is 0 Å². The molecule has 0 aromatic carbocycles. The van der Waals surface area contributed by atoms with Gasteiger partial charge in [-0.15, -0.1) is 0 Å². The van der Waals surface area contributed by atoms with E-state index >= 15 is 0 Å². The highest BCUT2D eigenvalue weighted by molar-refractivity contribution is 6.60. The molecule has 0 fully saturated rings. The molecule has 148 valence electrons. The van der Waals surface area contributed by atoms with Crippen LogP contribution in [0.5, 0.6) is 0 Å². The van der Waals surface area contributed by atoms with Crippen molar-refractivity contribution in [3.63, 3.8) is 0 Å². The molecule has 0 atom stereocenters. The van der Waals surface area contributed by atoms with Crippen molar-refractivity contribution in [2.24, 2.45) is 0 Å². The third-order valence-corrected chi connectivity index (χ3v) is 7.60. The van der Waals surface area contributed by atoms with Gasteiger partial charge in [0, 0.05) is 32.3 Å². The van der Waals surface area contributed by atoms with Crippen molar-refractivity contribution in [3.8, 4) is 0 Å². The quantitative estimate of drug-likeness (QED) is 0.275. The van der Waals surface area contributed by atoms with Crippen LogP contribution < -0.4 is 17.0 Å². The molecule has 0 heterocycles. The van der Waals surface area contributed by atoms with Gasteiger partial charge in [0.15, 0.2) is 0 Å². The first-order valence-electron chi connectivity index (χ1n) is 9.84. The SMILES string of the molecule is CCCO[Si](CCC[N+](CC)(CC)CC)(OCCC)OCCC.[Br-]. The molecule has 0 spiro atoms. The molecule has 0 aromatic heterocycles. The minimum atomic E-state index is -2.51. The largest absolute Gasteiger partial charge is 1.00 e. The Morgan fingerprint density at radius 3 is 1.33 bits per heavy atom. The van der Waals surface area contributed by atoms with Gasteiger partial charge < -0.3 is 34.7 Å². The molecule has 24 heavy (non-hydrogen) atoms. The monoisotopic (exact) mass is 427 g/mol. The van der Waals surface area contributed by atoms with E-state index in [4.69, 9.17) is 13.3 Å². The molecule has 0 saturated carbocycles. The highest BCUT2D eigenvalue weighted by Crippen LogP contribution is 2.21. The molecule has 0 aliphatic carbocycles. The van der Waals surface area contributed by atoms with Gasteiger partial charge in [-0.25, -0.2) is 0 Å². The maximum absolute atomic E-state index is 6.19. The Morgan fingerprint density at radius 1 is 0.667 bits per heavy atom. The number of halogens is 1. The molecule has 0 N–H and O–H groups in total. The van der Waals surface area contributed by atoms with Crippen molar-refractivity contribution in [3.05, 3.63) is 0 Å². The molecule has 0 saturated heterocycles. The number of hydrogen-bond acceptors (Lipinski definition) is 3. The van der Waals surface area contributed by atoms with E-state index in [1.807, 2.05) is 0 Å². The lowest BCUT2D eigenvalue weighted by Crippen LogP contribution is -3.00. The van der Waals surface area contributed by atoms with Gasteiger partial charge >= 0.3 is 8.80 Å². The fourth-order valence-corrected chi connectivity index (χ4v) is 5.71. The Morgan fingerprint density at radius 2 is 1.04 bits per heavy atom. The Hall–Kier alpha value is 0.537. The van der Waals surface area contributed by atoms with E-state index in [2.05, 4.69) is 41.5 Å². The summed E-state index contributed by atoms with van der Waals surface area (Å²) in [6.07, 6.45) is 4.16. The molecule has 0 aromatic rings. The second-order valence-corrected chi connectivity index (χ2v) is 9.08. The Bertz CT molecular complexity index is 249. The van der Waals surface area contributed by atoms with Gasteiger partial charge in [-0.2, -0.15) is 0 Å². The minimum absolute atomic E-state index is 0. The molecule has 6 heteroatoms. The van der Waals surface area contributed by atoms with Gasteiger partial charge in [0.05, 0.1) is 26.2 Å². The van der Waals surface area contributed by atoms with Crippen LogP contribution in [-0.4, -0.2) is 59.3 Å². The molecule has 0 aliphatic rings. The van der Waals surface area contributed by atoms with E-state index in [0.717, 1.165) is 51.5 Å². The van der Waals surface area contributed by atoms with Gasteiger partial charge in [0.1, 0.15) is 0 Å². The van der Waals surface area contributed by atoms with E-state index in [-0.39, 0.29) is 17.0 Å². The lowest BCUT2D eigenvalue weighted by molar-refractivity contribution is -0.923. The van der Waals surface area contributed by atoms with Crippen molar-refractivity contribution in [1.82, 2.24) is 0 Å². The van der Waals surface area contributed by atoms with Gasteiger partial charge in [-0.3, -0.25) is 0 Å². The summed E-state index contributed by atoms with van der Waals surface area (Å²) in [4.78, 5) is 0. The smallest absolute Gasteiger partial charge is 0.501 e. The predicted molar refractivity (Wildman–Crippen MR) is 101 cm³/mol. The summed E-state index contributed by atoms with van der Waals surface area (Å²) in [5.74, 6) is 0. The maximum Gasteiger partial charge on any atom is 0.501 e. The summed E-state index contributed by atoms with van der Waals surface area (Å²) >= 11 is 0. The first kappa shape index (κ1) is 26.8. The maximum atomic E-state index is 6.19. The summed E-state index contributed by atoms with van der Waals surface area (Å²) in [5, 5.41) is 0. The van der Waals surface area contributed by atoms with Crippen LogP contribution in [0.15, 0.2) is 0 Å². The molecule has 0 bridgehead atoms. The lowest BCUT2D eigenvalue weighted by Gasteiger charge is -2.37. The van der Waals surface area contributed by atoms with Crippen molar-refractivity contribution < 1.29 is 34.7 Å². The summed E-state index contributed by atoms with van der Waals surface area (Å²) in [5.41, 5.74) is 0. The fraction of sp³-hybridized carbons (Fsp3) is 1.00. The van der Waals surface area contributed by atoms with Crippen molar-refractivity contribution in [2.45, 2.75) is 73.3 Å². The second kappa shape index (κ2) is 15.8. The average Bonchev–Trinajstić information content (AvgIpc) is 2.60. The van der Waals surface area contributed by atoms with Crippen LogP contribution in [0.4, 0.5) is 0 Å². The third-order valence-electron chi connectivity index (χ3n) is 4.71. The molecule has 0 rings (SSSR count). The van der Waals surface area contributed by atoms with E-state index in [9.17, 15) is 0 Å². The van der Waals surface area contributed by atoms with E-state index in [1.54, 1.807) is 0 Å². The van der Waals surface area contributed by atoms with Crippen LogP contribution in [0.25, 0.3) is 0 Å². The summed E-state index contributed by atoms with van der Waals surface area (Å²) in [6.45, 7) is 20.3. The number of rotatable bonds is 16. The van der Waals surface area contributed by atoms with Crippen LogP contribution >= 0.6 is 0 Å². The highest BCUT2D eigenvalue weighted by Gasteiger charge is 2.41.